The number of aryl methyl sites for hydroxylation is 2. The summed E-state index contributed by atoms with van der Waals surface area (Å²) in [5.74, 6) is 0.988. The summed E-state index contributed by atoms with van der Waals surface area (Å²) in [6, 6.07) is 8.57. The first-order valence-electron chi connectivity index (χ1n) is 5.38. The first kappa shape index (κ1) is 8.53. The van der Waals surface area contributed by atoms with Crippen LogP contribution in [0.25, 0.3) is 20.7 Å². The molecule has 0 N–H and O–H groups in total. The average molecular weight is 227 g/mol. The van der Waals surface area contributed by atoms with Crippen LogP contribution in [0.2, 0.25) is 0 Å². The molecule has 0 unspecified atom stereocenters. The van der Waals surface area contributed by atoms with Crippen LogP contribution < -0.4 is 0 Å². The third kappa shape index (κ3) is 0.985. The number of benzene rings is 1. The highest BCUT2D eigenvalue weighted by molar-refractivity contribution is 7.22. The molecule has 0 spiro atoms. The summed E-state index contributed by atoms with van der Waals surface area (Å²) in [6.45, 7) is 0. The summed E-state index contributed by atoms with van der Waals surface area (Å²) < 4.78 is 6.72. The van der Waals surface area contributed by atoms with Gasteiger partial charge >= 0.3 is 0 Å². The van der Waals surface area contributed by atoms with Crippen LogP contribution in [0.15, 0.2) is 35.0 Å². The van der Waals surface area contributed by atoms with E-state index in [0.29, 0.717) is 0 Å². The van der Waals surface area contributed by atoms with E-state index in [4.69, 9.17) is 4.52 Å². The van der Waals surface area contributed by atoms with E-state index < -0.39 is 0 Å². The highest BCUT2D eigenvalue weighted by Gasteiger charge is 2.24. The Hall–Kier alpha value is -1.61. The smallest absolute Gasteiger partial charge is 0.180 e. The molecule has 3 aromatic rings. The molecule has 0 atom stereocenters. The molecule has 2 aromatic heterocycles. The molecule has 1 aliphatic carbocycles. The van der Waals surface area contributed by atoms with Crippen molar-refractivity contribution in [1.29, 1.82) is 0 Å². The molecule has 0 amide bonds. The Bertz CT molecular complexity index is 680. The number of thiophene rings is 1. The van der Waals surface area contributed by atoms with Gasteiger partial charge < -0.3 is 4.52 Å². The van der Waals surface area contributed by atoms with Crippen molar-refractivity contribution < 1.29 is 4.52 Å². The lowest BCUT2D eigenvalue weighted by Gasteiger charge is -2.08. The second-order valence-electron chi connectivity index (χ2n) is 4.09. The Morgan fingerprint density at radius 2 is 2.12 bits per heavy atom. The molecule has 0 saturated heterocycles. The molecule has 0 aliphatic heterocycles. The predicted molar refractivity (Wildman–Crippen MR) is 64.7 cm³/mol. The van der Waals surface area contributed by atoms with Crippen LogP contribution in [0.3, 0.4) is 0 Å². The van der Waals surface area contributed by atoms with E-state index in [1.807, 2.05) is 17.5 Å². The van der Waals surface area contributed by atoms with Crippen LogP contribution in [-0.2, 0) is 12.8 Å². The van der Waals surface area contributed by atoms with Crippen molar-refractivity contribution >= 4 is 21.4 Å². The van der Waals surface area contributed by atoms with Gasteiger partial charge in [-0.15, -0.1) is 11.3 Å². The summed E-state index contributed by atoms with van der Waals surface area (Å²) in [5.41, 5.74) is 2.68. The maximum Gasteiger partial charge on any atom is 0.180 e. The number of aromatic nitrogens is 1. The van der Waals surface area contributed by atoms with Crippen molar-refractivity contribution in [1.82, 2.24) is 5.16 Å². The number of nitrogens with zero attached hydrogens (tertiary/aromatic N) is 1. The second-order valence-corrected chi connectivity index (χ2v) is 5.14. The molecule has 0 bridgehead atoms. The Labute approximate surface area is 96.5 Å². The van der Waals surface area contributed by atoms with E-state index in [2.05, 4.69) is 29.4 Å². The summed E-state index contributed by atoms with van der Waals surface area (Å²) in [7, 11) is 0. The van der Waals surface area contributed by atoms with Crippen LogP contribution in [0.1, 0.15) is 11.1 Å². The topological polar surface area (TPSA) is 26.0 Å². The van der Waals surface area contributed by atoms with Gasteiger partial charge in [0.2, 0.25) is 0 Å². The standard InChI is InChI=1S/C13H9NOS/c1-2-4-11-9(3-1)10-6-5-8-7-14-15-12(8)13(10)16-11/h1-4,7H,5-6H2. The van der Waals surface area contributed by atoms with Gasteiger partial charge in [0, 0.05) is 10.3 Å². The zero-order valence-electron chi connectivity index (χ0n) is 8.56. The predicted octanol–water partition coefficient (Wildman–Crippen LogP) is 3.65. The molecule has 3 heteroatoms. The minimum Gasteiger partial charge on any atom is -0.355 e. The van der Waals surface area contributed by atoms with Crippen LogP contribution in [0.5, 0.6) is 0 Å². The van der Waals surface area contributed by atoms with E-state index in [0.717, 1.165) is 18.6 Å². The maximum absolute atomic E-state index is 5.37. The maximum atomic E-state index is 5.37. The first-order chi connectivity index (χ1) is 7.93. The third-order valence-corrected chi connectivity index (χ3v) is 4.40. The fourth-order valence-electron chi connectivity index (χ4n) is 2.42. The first-order valence-corrected chi connectivity index (χ1v) is 6.19. The lowest BCUT2D eigenvalue weighted by Crippen LogP contribution is -1.98. The van der Waals surface area contributed by atoms with E-state index in [-0.39, 0.29) is 0 Å². The molecule has 2 heterocycles. The van der Waals surface area contributed by atoms with Gasteiger partial charge in [-0.3, -0.25) is 0 Å². The molecule has 1 aliphatic rings. The quantitative estimate of drug-likeness (QED) is 0.586. The van der Waals surface area contributed by atoms with Crippen LogP contribution in [-0.4, -0.2) is 5.16 Å². The third-order valence-electron chi connectivity index (χ3n) is 3.19. The van der Waals surface area contributed by atoms with Gasteiger partial charge in [-0.2, -0.15) is 0 Å². The van der Waals surface area contributed by atoms with E-state index >= 15 is 0 Å². The minimum atomic E-state index is 0.988. The molecule has 2 nitrogen and oxygen atoms in total. The summed E-state index contributed by atoms with van der Waals surface area (Å²) >= 11 is 1.81. The molecular formula is C13H9NOS. The van der Waals surface area contributed by atoms with E-state index in [1.165, 1.54) is 26.1 Å². The van der Waals surface area contributed by atoms with Gasteiger partial charge in [-0.25, -0.2) is 0 Å². The van der Waals surface area contributed by atoms with Gasteiger partial charge in [0.15, 0.2) is 5.76 Å². The summed E-state index contributed by atoms with van der Waals surface area (Å²) in [4.78, 5) is 1.28. The molecule has 16 heavy (non-hydrogen) atoms. The fraction of sp³-hybridized carbons (Fsp3) is 0.154. The monoisotopic (exact) mass is 227 g/mol. The SMILES string of the molecule is c1ccc2c3c(sc2c1)-c1oncc1CC3. The Balaban J connectivity index is 2.13. The Kier molecular flexibility index (Phi) is 1.57. The Morgan fingerprint density at radius 1 is 1.19 bits per heavy atom. The molecule has 0 radical (unpaired) electrons. The van der Waals surface area contributed by atoms with Crippen LogP contribution >= 0.6 is 11.3 Å². The second kappa shape index (κ2) is 2.95. The van der Waals surface area contributed by atoms with Crippen LogP contribution in [0.4, 0.5) is 0 Å². The summed E-state index contributed by atoms with van der Waals surface area (Å²) in [6.07, 6.45) is 4.00. The van der Waals surface area contributed by atoms with Crippen molar-refractivity contribution in [3.05, 3.63) is 41.6 Å². The number of hydrogen-bond acceptors (Lipinski definition) is 3. The summed E-state index contributed by atoms with van der Waals surface area (Å²) in [5, 5.41) is 5.28. The van der Waals surface area contributed by atoms with Gasteiger partial charge in [0.05, 0.1) is 11.1 Å². The molecule has 0 saturated carbocycles. The molecule has 0 fully saturated rings. The van der Waals surface area contributed by atoms with Crippen molar-refractivity contribution in [3.63, 3.8) is 0 Å². The van der Waals surface area contributed by atoms with Crippen molar-refractivity contribution in [2.75, 3.05) is 0 Å². The largest absolute Gasteiger partial charge is 0.355 e. The van der Waals surface area contributed by atoms with Gasteiger partial charge in [0.1, 0.15) is 0 Å². The lowest BCUT2D eigenvalue weighted by atomic mass is 9.95. The van der Waals surface area contributed by atoms with Gasteiger partial charge in [-0.1, -0.05) is 23.4 Å². The van der Waals surface area contributed by atoms with E-state index in [9.17, 15) is 0 Å². The molecular weight excluding hydrogens is 218 g/mol. The number of rotatable bonds is 0. The van der Waals surface area contributed by atoms with Crippen molar-refractivity contribution in [2.45, 2.75) is 12.8 Å². The zero-order valence-corrected chi connectivity index (χ0v) is 9.38. The average Bonchev–Trinajstić information content (AvgIpc) is 2.92. The normalized spacial score (nSPS) is 13.8. The molecule has 4 rings (SSSR count). The number of fused-ring (bicyclic) bond motifs is 5. The zero-order chi connectivity index (χ0) is 10.5. The molecule has 78 valence electrons. The highest BCUT2D eigenvalue weighted by Crippen LogP contribution is 2.43. The van der Waals surface area contributed by atoms with Crippen LogP contribution in [0, 0.1) is 0 Å². The number of hydrogen-bond donors (Lipinski definition) is 0. The molecule has 1 aromatic carbocycles. The lowest BCUT2D eigenvalue weighted by molar-refractivity contribution is 0.431. The van der Waals surface area contributed by atoms with Crippen molar-refractivity contribution in [3.8, 4) is 10.6 Å². The van der Waals surface area contributed by atoms with Gasteiger partial charge in [0.25, 0.3) is 0 Å². The highest BCUT2D eigenvalue weighted by atomic mass is 32.1. The minimum absolute atomic E-state index is 0.988. The van der Waals surface area contributed by atoms with Gasteiger partial charge in [-0.05, 0) is 29.9 Å². The Morgan fingerprint density at radius 3 is 3.12 bits per heavy atom. The van der Waals surface area contributed by atoms with Crippen molar-refractivity contribution in [2.24, 2.45) is 0 Å². The fourth-order valence-corrected chi connectivity index (χ4v) is 3.68. The van der Waals surface area contributed by atoms with E-state index in [1.54, 1.807) is 0 Å².